The first-order valence-electron chi connectivity index (χ1n) is 11.7. The number of carbonyl (C=O) groups excluding carboxylic acids is 1. The van der Waals surface area contributed by atoms with Gasteiger partial charge in [-0.1, -0.05) is 72.3 Å². The number of halogens is 1. The van der Waals surface area contributed by atoms with Crippen LogP contribution in [0.2, 0.25) is 5.02 Å². The number of carbonyl (C=O) groups is 1. The van der Waals surface area contributed by atoms with Crippen LogP contribution in [0.4, 0.5) is 0 Å². The van der Waals surface area contributed by atoms with E-state index in [4.69, 9.17) is 11.6 Å². The minimum absolute atomic E-state index is 0.0619. The highest BCUT2D eigenvalue weighted by molar-refractivity contribution is 6.30. The number of benzene rings is 3. The van der Waals surface area contributed by atoms with Crippen molar-refractivity contribution in [2.24, 2.45) is 5.92 Å². The highest BCUT2D eigenvalue weighted by Crippen LogP contribution is 2.26. The maximum absolute atomic E-state index is 13.1. The Morgan fingerprint density at radius 3 is 2.24 bits per heavy atom. The van der Waals surface area contributed by atoms with Gasteiger partial charge in [0, 0.05) is 29.1 Å². The van der Waals surface area contributed by atoms with Crippen LogP contribution in [-0.2, 0) is 17.8 Å². The number of fused-ring (bicyclic) bond motifs is 1. The third kappa shape index (κ3) is 4.75. The number of aromatic nitrogens is 2. The van der Waals surface area contributed by atoms with E-state index in [1.807, 2.05) is 41.3 Å². The Kier molecular flexibility index (Phi) is 6.45. The Hall–Kier alpha value is -3.44. The molecule has 1 amide bonds. The van der Waals surface area contributed by atoms with Crippen LogP contribution in [0.5, 0.6) is 0 Å². The molecule has 3 aromatic carbocycles. The zero-order valence-corrected chi connectivity index (χ0v) is 19.6. The van der Waals surface area contributed by atoms with E-state index in [1.54, 1.807) is 18.2 Å². The first-order chi connectivity index (χ1) is 16.6. The van der Waals surface area contributed by atoms with E-state index in [-0.39, 0.29) is 18.0 Å². The second-order valence-electron chi connectivity index (χ2n) is 8.88. The predicted octanol–water partition coefficient (Wildman–Crippen LogP) is 5.20. The zero-order valence-electron chi connectivity index (χ0n) is 18.9. The van der Waals surface area contributed by atoms with E-state index in [0.717, 1.165) is 30.2 Å². The van der Waals surface area contributed by atoms with Gasteiger partial charge in [0.2, 0.25) is 5.91 Å². The van der Waals surface area contributed by atoms with Gasteiger partial charge in [0.05, 0.1) is 11.1 Å². The third-order valence-electron chi connectivity index (χ3n) is 6.60. The summed E-state index contributed by atoms with van der Waals surface area (Å²) in [6.07, 6.45) is 2.98. The minimum atomic E-state index is -0.249. The highest BCUT2D eigenvalue weighted by Gasteiger charge is 2.24. The molecule has 6 heteroatoms. The van der Waals surface area contributed by atoms with Gasteiger partial charge >= 0.3 is 0 Å². The second-order valence-corrected chi connectivity index (χ2v) is 9.31. The Balaban J connectivity index is 1.35. The zero-order chi connectivity index (χ0) is 23.5. The van der Waals surface area contributed by atoms with Crippen molar-refractivity contribution in [3.63, 3.8) is 0 Å². The monoisotopic (exact) mass is 471 g/mol. The lowest BCUT2D eigenvalue weighted by molar-refractivity contribution is -0.133. The summed E-state index contributed by atoms with van der Waals surface area (Å²) in [5.74, 6) is 0.509. The van der Waals surface area contributed by atoms with Crippen LogP contribution in [0.25, 0.3) is 22.0 Å². The molecule has 1 fully saturated rings. The van der Waals surface area contributed by atoms with Crippen LogP contribution in [-0.4, -0.2) is 33.7 Å². The van der Waals surface area contributed by atoms with Gasteiger partial charge in [-0.15, -0.1) is 0 Å². The maximum Gasteiger partial charge on any atom is 0.275 e. The molecule has 0 spiro atoms. The van der Waals surface area contributed by atoms with Crippen molar-refractivity contribution in [2.45, 2.75) is 25.8 Å². The number of nitrogens with zero attached hydrogens (tertiary/aromatic N) is 3. The lowest BCUT2D eigenvalue weighted by Crippen LogP contribution is -2.42. The Morgan fingerprint density at radius 2 is 1.53 bits per heavy atom. The van der Waals surface area contributed by atoms with Crippen LogP contribution < -0.4 is 5.56 Å². The van der Waals surface area contributed by atoms with Crippen molar-refractivity contribution < 1.29 is 4.79 Å². The van der Waals surface area contributed by atoms with E-state index >= 15 is 0 Å². The normalized spacial score (nSPS) is 14.4. The number of piperidine rings is 1. The summed E-state index contributed by atoms with van der Waals surface area (Å²) >= 11 is 6.06. The van der Waals surface area contributed by atoms with Gasteiger partial charge in [-0.2, -0.15) is 5.10 Å². The number of likely N-dealkylation sites (tertiary alicyclic amines) is 1. The topological polar surface area (TPSA) is 55.2 Å². The number of hydrogen-bond donors (Lipinski definition) is 0. The lowest BCUT2D eigenvalue weighted by Gasteiger charge is -2.32. The van der Waals surface area contributed by atoms with Crippen LogP contribution in [0.3, 0.4) is 0 Å². The largest absolute Gasteiger partial charge is 0.341 e. The number of amides is 1. The van der Waals surface area contributed by atoms with Crippen molar-refractivity contribution in [3.8, 4) is 11.3 Å². The summed E-state index contributed by atoms with van der Waals surface area (Å²) < 4.78 is 1.31. The smallest absolute Gasteiger partial charge is 0.275 e. The van der Waals surface area contributed by atoms with Crippen LogP contribution in [0, 0.1) is 5.92 Å². The molecule has 0 aliphatic carbocycles. The summed E-state index contributed by atoms with van der Waals surface area (Å²) in [5, 5.41) is 6.57. The Bertz CT molecular complexity index is 1360. The molecule has 0 atom stereocenters. The molecule has 5 rings (SSSR count). The fraction of sp³-hybridized carbons (Fsp3) is 0.250. The number of rotatable bonds is 5. The average Bonchev–Trinajstić information content (AvgIpc) is 2.87. The molecule has 0 N–H and O–H groups in total. The van der Waals surface area contributed by atoms with E-state index in [1.165, 1.54) is 10.2 Å². The van der Waals surface area contributed by atoms with Crippen molar-refractivity contribution in [3.05, 3.63) is 99.8 Å². The molecule has 1 saturated heterocycles. The summed E-state index contributed by atoms with van der Waals surface area (Å²) in [7, 11) is 0. The standard InChI is InChI=1S/C28H26ClN3O2/c29-23-12-10-22(11-13-23)27-24-8-4-5-9-25(24)28(34)32(30-27)19-26(33)31-16-14-21(15-17-31)18-20-6-2-1-3-7-20/h1-13,21H,14-19H2. The molecule has 1 aliphatic rings. The van der Waals surface area contributed by atoms with Crippen molar-refractivity contribution >= 4 is 28.3 Å². The molecule has 0 saturated carbocycles. The predicted molar refractivity (Wildman–Crippen MR) is 136 cm³/mol. The van der Waals surface area contributed by atoms with E-state index < -0.39 is 0 Å². The molecule has 1 aromatic heterocycles. The van der Waals surface area contributed by atoms with Gasteiger partial charge in [0.15, 0.2) is 0 Å². The van der Waals surface area contributed by atoms with Gasteiger partial charge in [-0.25, -0.2) is 4.68 Å². The molecule has 4 aromatic rings. The van der Waals surface area contributed by atoms with Gasteiger partial charge in [-0.3, -0.25) is 9.59 Å². The number of hydrogen-bond acceptors (Lipinski definition) is 3. The van der Waals surface area contributed by atoms with Gasteiger partial charge < -0.3 is 4.90 Å². The molecular weight excluding hydrogens is 446 g/mol. The van der Waals surface area contributed by atoms with Gasteiger partial charge in [0.1, 0.15) is 6.54 Å². The quantitative estimate of drug-likeness (QED) is 0.402. The van der Waals surface area contributed by atoms with Crippen LogP contribution in [0.15, 0.2) is 83.7 Å². The first-order valence-corrected chi connectivity index (χ1v) is 12.0. The summed E-state index contributed by atoms with van der Waals surface area (Å²) in [4.78, 5) is 28.1. The van der Waals surface area contributed by atoms with Crippen molar-refractivity contribution in [1.82, 2.24) is 14.7 Å². The van der Waals surface area contributed by atoms with E-state index in [0.29, 0.717) is 35.1 Å². The third-order valence-corrected chi connectivity index (χ3v) is 6.86. The fourth-order valence-corrected chi connectivity index (χ4v) is 4.85. The molecule has 34 heavy (non-hydrogen) atoms. The summed E-state index contributed by atoms with van der Waals surface area (Å²) in [6, 6.07) is 25.2. The van der Waals surface area contributed by atoms with E-state index in [9.17, 15) is 9.59 Å². The maximum atomic E-state index is 13.1. The Morgan fingerprint density at radius 1 is 0.882 bits per heavy atom. The molecule has 0 unspecified atom stereocenters. The molecule has 0 radical (unpaired) electrons. The molecule has 5 nitrogen and oxygen atoms in total. The fourth-order valence-electron chi connectivity index (χ4n) is 4.73. The average molecular weight is 472 g/mol. The molecule has 0 bridgehead atoms. The molecular formula is C28H26ClN3O2. The molecule has 2 heterocycles. The van der Waals surface area contributed by atoms with Crippen LogP contribution >= 0.6 is 11.6 Å². The minimum Gasteiger partial charge on any atom is -0.341 e. The molecule has 1 aliphatic heterocycles. The SMILES string of the molecule is O=C(Cn1nc(-c2ccc(Cl)cc2)c2ccccc2c1=O)N1CCC(Cc2ccccc2)CC1. The first kappa shape index (κ1) is 22.4. The summed E-state index contributed by atoms with van der Waals surface area (Å²) in [5.41, 5.74) is 2.61. The highest BCUT2D eigenvalue weighted by atomic mass is 35.5. The van der Waals surface area contributed by atoms with Crippen molar-refractivity contribution in [1.29, 1.82) is 0 Å². The molecule has 172 valence electrons. The van der Waals surface area contributed by atoms with Gasteiger partial charge in [-0.05, 0) is 48.9 Å². The van der Waals surface area contributed by atoms with Crippen molar-refractivity contribution in [2.75, 3.05) is 13.1 Å². The lowest BCUT2D eigenvalue weighted by atomic mass is 9.90. The second kappa shape index (κ2) is 9.82. The Labute approximate surface area is 203 Å². The van der Waals surface area contributed by atoms with E-state index in [2.05, 4.69) is 29.4 Å². The summed E-state index contributed by atoms with van der Waals surface area (Å²) in [6.45, 7) is 1.36. The van der Waals surface area contributed by atoms with Gasteiger partial charge in [0.25, 0.3) is 5.56 Å². The van der Waals surface area contributed by atoms with Crippen LogP contribution in [0.1, 0.15) is 18.4 Å².